The van der Waals surface area contributed by atoms with E-state index >= 15 is 0 Å². The van der Waals surface area contributed by atoms with Crippen molar-refractivity contribution in [1.82, 2.24) is 4.90 Å². The van der Waals surface area contributed by atoms with Crippen LogP contribution in [0.3, 0.4) is 0 Å². The van der Waals surface area contributed by atoms with Gasteiger partial charge in [-0.2, -0.15) is 0 Å². The second-order valence-corrected chi connectivity index (χ2v) is 2.17. The van der Waals surface area contributed by atoms with E-state index in [0.29, 0.717) is 12.6 Å². The van der Waals surface area contributed by atoms with Gasteiger partial charge in [-0.05, 0) is 6.92 Å². The maximum atomic E-state index is 7.25. The molecule has 0 aromatic carbocycles. The number of hydrogen-bond donors (Lipinski definition) is 1. The molecule has 3 nitrogen and oxygen atoms in total. The van der Waals surface area contributed by atoms with Crippen LogP contribution in [0.2, 0.25) is 0 Å². The quantitative estimate of drug-likeness (QED) is 0.577. The third kappa shape index (κ3) is 1.50. The molecular weight excluding hydrogens is 128 g/mol. The van der Waals surface area contributed by atoms with E-state index in [4.69, 9.17) is 10.1 Å². The Morgan fingerprint density at radius 3 is 3.10 bits per heavy atom. The minimum Gasteiger partial charge on any atom is -0.463 e. The molecule has 1 N–H and O–H groups in total. The summed E-state index contributed by atoms with van der Waals surface area (Å²) in [7, 11) is 0. The SMILES string of the molecule is C/C=C\CN1CCOC1=N. The fourth-order valence-electron chi connectivity index (χ4n) is 0.852. The molecule has 0 amide bonds. The van der Waals surface area contributed by atoms with Gasteiger partial charge in [-0.3, -0.25) is 5.41 Å². The Morgan fingerprint density at radius 1 is 1.80 bits per heavy atom. The van der Waals surface area contributed by atoms with Gasteiger partial charge in [0.05, 0.1) is 6.54 Å². The summed E-state index contributed by atoms with van der Waals surface area (Å²) in [4.78, 5) is 1.89. The molecule has 1 fully saturated rings. The molecule has 10 heavy (non-hydrogen) atoms. The van der Waals surface area contributed by atoms with Crippen molar-refractivity contribution >= 4 is 6.02 Å². The normalized spacial score (nSPS) is 18.5. The van der Waals surface area contributed by atoms with Crippen LogP contribution in [0.1, 0.15) is 6.92 Å². The van der Waals surface area contributed by atoms with Gasteiger partial charge in [0, 0.05) is 6.54 Å². The summed E-state index contributed by atoms with van der Waals surface area (Å²) in [5.41, 5.74) is 0. The first-order chi connectivity index (χ1) is 4.84. The maximum absolute atomic E-state index is 7.25. The highest BCUT2D eigenvalue weighted by Crippen LogP contribution is 2.00. The third-order valence-electron chi connectivity index (χ3n) is 1.45. The van der Waals surface area contributed by atoms with E-state index in [9.17, 15) is 0 Å². The monoisotopic (exact) mass is 140 g/mol. The molecule has 1 heterocycles. The lowest BCUT2D eigenvalue weighted by Crippen LogP contribution is -2.24. The third-order valence-corrected chi connectivity index (χ3v) is 1.45. The zero-order valence-electron chi connectivity index (χ0n) is 6.13. The largest absolute Gasteiger partial charge is 0.463 e. The molecule has 1 saturated heterocycles. The van der Waals surface area contributed by atoms with Crippen molar-refractivity contribution in [3.8, 4) is 0 Å². The summed E-state index contributed by atoms with van der Waals surface area (Å²) >= 11 is 0. The van der Waals surface area contributed by atoms with Crippen LogP contribution in [0.25, 0.3) is 0 Å². The first-order valence-corrected chi connectivity index (χ1v) is 3.42. The maximum Gasteiger partial charge on any atom is 0.284 e. The van der Waals surface area contributed by atoms with Crippen LogP contribution < -0.4 is 0 Å². The number of nitrogens with zero attached hydrogens (tertiary/aromatic N) is 1. The zero-order valence-corrected chi connectivity index (χ0v) is 6.13. The standard InChI is InChI=1S/C7H12N2O/c1-2-3-4-9-5-6-10-7(9)8/h2-3,8H,4-6H2,1H3/b3-2-,8-7?. The van der Waals surface area contributed by atoms with E-state index in [1.165, 1.54) is 0 Å². The average molecular weight is 140 g/mol. The van der Waals surface area contributed by atoms with Crippen molar-refractivity contribution in [3.05, 3.63) is 12.2 Å². The highest BCUT2D eigenvalue weighted by molar-refractivity contribution is 5.72. The van der Waals surface area contributed by atoms with Crippen molar-refractivity contribution in [2.24, 2.45) is 0 Å². The topological polar surface area (TPSA) is 36.3 Å². The molecule has 1 rings (SSSR count). The van der Waals surface area contributed by atoms with Crippen molar-refractivity contribution < 1.29 is 4.74 Å². The fraction of sp³-hybridized carbons (Fsp3) is 0.571. The summed E-state index contributed by atoms with van der Waals surface area (Å²) in [6.07, 6.45) is 3.99. The van der Waals surface area contributed by atoms with Gasteiger partial charge < -0.3 is 9.64 Å². The van der Waals surface area contributed by atoms with Crippen molar-refractivity contribution in [3.63, 3.8) is 0 Å². The molecule has 1 aliphatic rings. The smallest absolute Gasteiger partial charge is 0.284 e. The fourth-order valence-corrected chi connectivity index (χ4v) is 0.852. The van der Waals surface area contributed by atoms with Gasteiger partial charge in [0.15, 0.2) is 0 Å². The highest BCUT2D eigenvalue weighted by atomic mass is 16.5. The number of nitrogens with one attached hydrogen (secondary N) is 1. The molecule has 0 spiro atoms. The first-order valence-electron chi connectivity index (χ1n) is 3.42. The Hall–Kier alpha value is -0.990. The lowest BCUT2D eigenvalue weighted by molar-refractivity contribution is 0.349. The lowest BCUT2D eigenvalue weighted by Gasteiger charge is -2.10. The molecule has 0 unspecified atom stereocenters. The van der Waals surface area contributed by atoms with Gasteiger partial charge in [-0.25, -0.2) is 0 Å². The van der Waals surface area contributed by atoms with Gasteiger partial charge in [-0.1, -0.05) is 12.2 Å². The lowest BCUT2D eigenvalue weighted by atomic mass is 10.5. The van der Waals surface area contributed by atoms with E-state index in [0.717, 1.165) is 13.1 Å². The number of amidine groups is 1. The van der Waals surface area contributed by atoms with Crippen molar-refractivity contribution in [2.45, 2.75) is 6.92 Å². The van der Waals surface area contributed by atoms with E-state index in [1.807, 2.05) is 24.0 Å². The van der Waals surface area contributed by atoms with Crippen LogP contribution >= 0.6 is 0 Å². The van der Waals surface area contributed by atoms with Crippen LogP contribution in [0.5, 0.6) is 0 Å². The second kappa shape index (κ2) is 3.25. The number of hydrogen-bond acceptors (Lipinski definition) is 2. The van der Waals surface area contributed by atoms with E-state index in [-0.39, 0.29) is 0 Å². The molecular formula is C7H12N2O. The number of ether oxygens (including phenoxy) is 1. The van der Waals surface area contributed by atoms with Crippen LogP contribution in [0, 0.1) is 5.41 Å². The molecule has 0 radical (unpaired) electrons. The van der Waals surface area contributed by atoms with Crippen LogP contribution in [-0.4, -0.2) is 30.6 Å². The molecule has 3 heteroatoms. The molecule has 0 bridgehead atoms. The molecule has 1 aliphatic heterocycles. The summed E-state index contributed by atoms with van der Waals surface area (Å²) in [6, 6.07) is 0.304. The highest BCUT2D eigenvalue weighted by Gasteiger charge is 2.15. The Morgan fingerprint density at radius 2 is 2.60 bits per heavy atom. The first kappa shape index (κ1) is 7.12. The number of allylic oxidation sites excluding steroid dienone is 1. The minimum absolute atomic E-state index is 0.304. The Bertz CT molecular complexity index is 154. The van der Waals surface area contributed by atoms with Gasteiger partial charge in [-0.15, -0.1) is 0 Å². The van der Waals surface area contributed by atoms with Gasteiger partial charge >= 0.3 is 0 Å². The van der Waals surface area contributed by atoms with Crippen molar-refractivity contribution in [1.29, 1.82) is 5.41 Å². The number of rotatable bonds is 2. The predicted octanol–water partition coefficient (Wildman–Crippen LogP) is 0.829. The van der Waals surface area contributed by atoms with E-state index in [2.05, 4.69) is 0 Å². The van der Waals surface area contributed by atoms with E-state index < -0.39 is 0 Å². The van der Waals surface area contributed by atoms with Crippen molar-refractivity contribution in [2.75, 3.05) is 19.7 Å². The molecule has 56 valence electrons. The average Bonchev–Trinajstić information content (AvgIpc) is 2.31. The zero-order chi connectivity index (χ0) is 7.40. The van der Waals surface area contributed by atoms with Gasteiger partial charge in [0.2, 0.25) is 0 Å². The Kier molecular flexibility index (Phi) is 2.31. The second-order valence-electron chi connectivity index (χ2n) is 2.17. The molecule has 0 saturated carbocycles. The van der Waals surface area contributed by atoms with E-state index in [1.54, 1.807) is 0 Å². The Balaban J connectivity index is 2.33. The van der Waals surface area contributed by atoms with Crippen LogP contribution in [0.4, 0.5) is 0 Å². The van der Waals surface area contributed by atoms with Crippen LogP contribution in [0.15, 0.2) is 12.2 Å². The van der Waals surface area contributed by atoms with Gasteiger partial charge in [0.1, 0.15) is 6.61 Å². The van der Waals surface area contributed by atoms with Crippen LogP contribution in [-0.2, 0) is 4.74 Å². The van der Waals surface area contributed by atoms with Gasteiger partial charge in [0.25, 0.3) is 6.02 Å². The molecule has 0 atom stereocenters. The summed E-state index contributed by atoms with van der Waals surface area (Å²) in [6.45, 7) is 4.29. The Labute approximate surface area is 60.8 Å². The minimum atomic E-state index is 0.304. The summed E-state index contributed by atoms with van der Waals surface area (Å²) in [5.74, 6) is 0. The predicted molar refractivity (Wildman–Crippen MR) is 40.1 cm³/mol. The molecule has 0 aromatic heterocycles. The summed E-state index contributed by atoms with van der Waals surface area (Å²) in [5, 5.41) is 7.25. The summed E-state index contributed by atoms with van der Waals surface area (Å²) < 4.78 is 4.94. The molecule has 0 aromatic rings. The molecule has 0 aliphatic carbocycles.